The molecule has 0 aromatic carbocycles. The Hall–Kier alpha value is -0.150. The van der Waals surface area contributed by atoms with E-state index in [0.29, 0.717) is 6.61 Å². The van der Waals surface area contributed by atoms with Crippen LogP contribution < -0.4 is 5.32 Å². The lowest BCUT2D eigenvalue weighted by molar-refractivity contribution is 0.165. The molecule has 3 heteroatoms. The Bertz CT molecular complexity index is 45.7. The topological polar surface area (TPSA) is 21.3 Å². The van der Waals surface area contributed by atoms with Crippen LogP contribution >= 0.6 is 0 Å². The Morgan fingerprint density at radius 2 is 2.38 bits per heavy atom. The fourth-order valence-corrected chi connectivity index (χ4v) is 0.441. The number of ether oxygens (including phenoxy) is 1. The first kappa shape index (κ1) is 7.85. The molecule has 0 spiro atoms. The van der Waals surface area contributed by atoms with E-state index >= 15 is 0 Å². The molecule has 1 atom stereocenters. The van der Waals surface area contributed by atoms with Crippen LogP contribution in [0, 0.1) is 0 Å². The average Bonchev–Trinajstić information content (AvgIpc) is 1.68. The van der Waals surface area contributed by atoms with E-state index in [9.17, 15) is 4.39 Å². The van der Waals surface area contributed by atoms with Crippen molar-refractivity contribution in [2.75, 3.05) is 20.5 Å². The molecule has 1 unspecified atom stereocenters. The molecule has 0 heterocycles. The lowest BCUT2D eigenvalue weighted by atomic mass is 10.4. The zero-order valence-corrected chi connectivity index (χ0v) is 5.28. The van der Waals surface area contributed by atoms with Crippen molar-refractivity contribution in [2.45, 2.75) is 13.0 Å². The number of methoxy groups -OCH3 is 1. The summed E-state index contributed by atoms with van der Waals surface area (Å²) in [6, 6.07) is 0.116. The lowest BCUT2D eigenvalue weighted by Crippen LogP contribution is -2.29. The van der Waals surface area contributed by atoms with Gasteiger partial charge in [0.1, 0.15) is 6.80 Å². The Balaban J connectivity index is 2.92. The summed E-state index contributed by atoms with van der Waals surface area (Å²) in [7, 11) is 1.59. The maximum Gasteiger partial charge on any atom is 0.140 e. The molecule has 0 aliphatic carbocycles. The minimum Gasteiger partial charge on any atom is -0.383 e. The number of rotatable bonds is 4. The molecular formula is C5H12FNO. The van der Waals surface area contributed by atoms with Crippen molar-refractivity contribution in [1.82, 2.24) is 5.32 Å². The van der Waals surface area contributed by atoms with Crippen LogP contribution in [-0.4, -0.2) is 26.6 Å². The van der Waals surface area contributed by atoms with Crippen molar-refractivity contribution >= 4 is 0 Å². The number of halogens is 1. The van der Waals surface area contributed by atoms with Gasteiger partial charge >= 0.3 is 0 Å². The SMILES string of the molecule is COCC(C)NCF. The van der Waals surface area contributed by atoms with Crippen LogP contribution in [0.1, 0.15) is 6.92 Å². The maximum absolute atomic E-state index is 11.4. The van der Waals surface area contributed by atoms with E-state index in [1.54, 1.807) is 7.11 Å². The molecule has 0 aromatic heterocycles. The van der Waals surface area contributed by atoms with Crippen LogP contribution in [-0.2, 0) is 4.74 Å². The third-order valence-electron chi connectivity index (χ3n) is 0.842. The van der Waals surface area contributed by atoms with Crippen molar-refractivity contribution in [3.8, 4) is 0 Å². The van der Waals surface area contributed by atoms with Gasteiger partial charge in [-0.1, -0.05) is 0 Å². The Morgan fingerprint density at radius 1 is 1.75 bits per heavy atom. The Morgan fingerprint density at radius 3 is 2.75 bits per heavy atom. The van der Waals surface area contributed by atoms with Gasteiger partial charge < -0.3 is 4.74 Å². The Kier molecular flexibility index (Phi) is 4.90. The molecule has 0 radical (unpaired) electrons. The molecule has 0 fully saturated rings. The first-order valence-corrected chi connectivity index (χ1v) is 2.59. The standard InChI is InChI=1S/C5H12FNO/c1-5(3-8-2)7-4-6/h5,7H,3-4H2,1-2H3. The number of hydrogen-bond acceptors (Lipinski definition) is 2. The van der Waals surface area contributed by atoms with E-state index < -0.39 is 6.80 Å². The van der Waals surface area contributed by atoms with Crippen LogP contribution in [0.25, 0.3) is 0 Å². The maximum atomic E-state index is 11.4. The van der Waals surface area contributed by atoms with Gasteiger partial charge in [-0.3, -0.25) is 5.32 Å². The van der Waals surface area contributed by atoms with E-state index in [4.69, 9.17) is 4.74 Å². The minimum absolute atomic E-state index is 0.116. The molecule has 8 heavy (non-hydrogen) atoms. The molecule has 0 saturated heterocycles. The summed E-state index contributed by atoms with van der Waals surface area (Å²) in [6.45, 7) is 1.94. The van der Waals surface area contributed by atoms with Gasteiger partial charge in [-0.25, -0.2) is 4.39 Å². The molecule has 0 aliphatic rings. The molecule has 0 aromatic rings. The van der Waals surface area contributed by atoms with Crippen LogP contribution in [0.3, 0.4) is 0 Å². The fourth-order valence-electron chi connectivity index (χ4n) is 0.441. The molecule has 2 nitrogen and oxygen atoms in total. The molecule has 0 amide bonds. The van der Waals surface area contributed by atoms with Gasteiger partial charge in [0.05, 0.1) is 6.61 Å². The van der Waals surface area contributed by atoms with Gasteiger partial charge in [0.25, 0.3) is 0 Å². The van der Waals surface area contributed by atoms with Crippen LogP contribution in [0.2, 0.25) is 0 Å². The van der Waals surface area contributed by atoms with Gasteiger partial charge in [0.15, 0.2) is 0 Å². The summed E-state index contributed by atoms with van der Waals surface area (Å²) in [5, 5.41) is 2.55. The van der Waals surface area contributed by atoms with E-state index in [1.165, 1.54) is 0 Å². The van der Waals surface area contributed by atoms with Crippen molar-refractivity contribution in [1.29, 1.82) is 0 Å². The van der Waals surface area contributed by atoms with Gasteiger partial charge in [-0.15, -0.1) is 0 Å². The highest BCUT2D eigenvalue weighted by Gasteiger charge is 1.95. The van der Waals surface area contributed by atoms with Crippen LogP contribution in [0.5, 0.6) is 0 Å². The van der Waals surface area contributed by atoms with Gasteiger partial charge in [0.2, 0.25) is 0 Å². The van der Waals surface area contributed by atoms with Crippen molar-refractivity contribution in [2.24, 2.45) is 0 Å². The minimum atomic E-state index is -0.482. The summed E-state index contributed by atoms with van der Waals surface area (Å²) in [4.78, 5) is 0. The predicted molar refractivity (Wildman–Crippen MR) is 30.4 cm³/mol. The highest BCUT2D eigenvalue weighted by atomic mass is 19.1. The summed E-state index contributed by atoms with van der Waals surface area (Å²) in [5.74, 6) is 0. The third-order valence-corrected chi connectivity index (χ3v) is 0.842. The second-order valence-corrected chi connectivity index (χ2v) is 1.69. The Labute approximate surface area is 49.0 Å². The molecule has 0 bridgehead atoms. The van der Waals surface area contributed by atoms with Gasteiger partial charge in [0, 0.05) is 13.2 Å². The van der Waals surface area contributed by atoms with E-state index in [1.807, 2.05) is 6.92 Å². The highest BCUT2D eigenvalue weighted by Crippen LogP contribution is 1.79. The average molecular weight is 121 g/mol. The third kappa shape index (κ3) is 4.02. The van der Waals surface area contributed by atoms with Gasteiger partial charge in [-0.05, 0) is 6.92 Å². The van der Waals surface area contributed by atoms with Crippen molar-refractivity contribution < 1.29 is 9.13 Å². The molecule has 0 aliphatic heterocycles. The zero-order chi connectivity index (χ0) is 6.41. The first-order chi connectivity index (χ1) is 3.81. The second kappa shape index (κ2) is 5.00. The predicted octanol–water partition coefficient (Wildman–Crippen LogP) is 0.538. The second-order valence-electron chi connectivity index (χ2n) is 1.69. The van der Waals surface area contributed by atoms with E-state index in [0.717, 1.165) is 0 Å². The molecular weight excluding hydrogens is 109 g/mol. The largest absolute Gasteiger partial charge is 0.383 e. The summed E-state index contributed by atoms with van der Waals surface area (Å²) in [5.41, 5.74) is 0. The number of alkyl halides is 1. The molecule has 0 saturated carbocycles. The zero-order valence-electron chi connectivity index (χ0n) is 5.28. The van der Waals surface area contributed by atoms with E-state index in [-0.39, 0.29) is 6.04 Å². The summed E-state index contributed by atoms with van der Waals surface area (Å²) >= 11 is 0. The lowest BCUT2D eigenvalue weighted by Gasteiger charge is -2.07. The van der Waals surface area contributed by atoms with Crippen LogP contribution in [0.15, 0.2) is 0 Å². The van der Waals surface area contributed by atoms with Crippen molar-refractivity contribution in [3.05, 3.63) is 0 Å². The van der Waals surface area contributed by atoms with E-state index in [2.05, 4.69) is 5.32 Å². The number of nitrogens with one attached hydrogen (secondary N) is 1. The van der Waals surface area contributed by atoms with Crippen LogP contribution in [0.4, 0.5) is 4.39 Å². The monoisotopic (exact) mass is 121 g/mol. The number of hydrogen-bond donors (Lipinski definition) is 1. The normalized spacial score (nSPS) is 13.9. The summed E-state index contributed by atoms with van der Waals surface area (Å²) < 4.78 is 16.1. The molecule has 0 rings (SSSR count). The quantitative estimate of drug-likeness (QED) is 0.548. The molecule has 1 N–H and O–H groups in total. The molecule has 50 valence electrons. The van der Waals surface area contributed by atoms with Crippen molar-refractivity contribution in [3.63, 3.8) is 0 Å². The first-order valence-electron chi connectivity index (χ1n) is 2.59. The fraction of sp³-hybridized carbons (Fsp3) is 1.00. The smallest absolute Gasteiger partial charge is 0.140 e. The highest BCUT2D eigenvalue weighted by molar-refractivity contribution is 4.53. The van der Waals surface area contributed by atoms with Gasteiger partial charge in [-0.2, -0.15) is 0 Å². The summed E-state index contributed by atoms with van der Waals surface area (Å²) in [6.07, 6.45) is 0.